The van der Waals surface area contributed by atoms with Gasteiger partial charge in [-0.25, -0.2) is 0 Å². The zero-order chi connectivity index (χ0) is 23.4. The quantitative estimate of drug-likeness (QED) is 0.267. The van der Waals surface area contributed by atoms with E-state index in [1.54, 1.807) is 18.9 Å². The molecule has 7 heteroatoms. The first-order valence-electron chi connectivity index (χ1n) is 12.3. The first kappa shape index (κ1) is 24.9. The summed E-state index contributed by atoms with van der Waals surface area (Å²) in [6.45, 7) is 4.01. The van der Waals surface area contributed by atoms with E-state index in [4.69, 9.17) is 14.5 Å². The lowest BCUT2D eigenvalue weighted by atomic mass is 9.94. The molecule has 5 nitrogen and oxygen atoms in total. The third-order valence-corrected chi connectivity index (χ3v) is 8.35. The molecule has 2 aliphatic carbocycles. The SMILES string of the molecule is COc1cc(C=C2SC(=NC3CCCCC3)N(C3CCCCC3)C2=O)cc(I)c1OC(C)C. The molecule has 0 spiro atoms. The Morgan fingerprint density at radius 2 is 1.76 bits per heavy atom. The fourth-order valence-corrected chi connectivity index (χ4v) is 6.79. The van der Waals surface area contributed by atoms with Crippen LogP contribution in [-0.4, -0.2) is 41.3 Å². The van der Waals surface area contributed by atoms with Crippen molar-refractivity contribution in [2.45, 2.75) is 96.2 Å². The summed E-state index contributed by atoms with van der Waals surface area (Å²) in [5.41, 5.74) is 0.950. The van der Waals surface area contributed by atoms with Crippen molar-refractivity contribution in [1.82, 2.24) is 4.90 Å². The first-order chi connectivity index (χ1) is 16.0. The molecule has 0 unspecified atom stereocenters. The van der Waals surface area contributed by atoms with E-state index in [-0.39, 0.29) is 18.1 Å². The van der Waals surface area contributed by atoms with E-state index in [0.29, 0.717) is 11.8 Å². The summed E-state index contributed by atoms with van der Waals surface area (Å²) in [6, 6.07) is 4.65. The molecule has 1 saturated heterocycles. The molecule has 3 fully saturated rings. The van der Waals surface area contributed by atoms with Gasteiger partial charge in [0.2, 0.25) is 0 Å². The fourth-order valence-electron chi connectivity index (χ4n) is 4.93. The van der Waals surface area contributed by atoms with E-state index in [1.807, 2.05) is 30.9 Å². The number of thioether (sulfide) groups is 1. The number of hydrogen-bond acceptors (Lipinski definition) is 5. The molecule has 1 heterocycles. The van der Waals surface area contributed by atoms with Crippen molar-refractivity contribution < 1.29 is 14.3 Å². The molecule has 180 valence electrons. The number of nitrogens with zero attached hydrogens (tertiary/aromatic N) is 2. The second-order valence-corrected chi connectivity index (χ2v) is 11.7. The number of methoxy groups -OCH3 is 1. The third kappa shape index (κ3) is 6.08. The van der Waals surface area contributed by atoms with E-state index >= 15 is 0 Å². The maximum absolute atomic E-state index is 13.6. The van der Waals surface area contributed by atoms with Crippen LogP contribution < -0.4 is 9.47 Å². The summed E-state index contributed by atoms with van der Waals surface area (Å²) in [6.07, 6.45) is 14.0. The standard InChI is InChI=1S/C26H35IN2O3S/c1-17(2)32-24-21(27)14-18(15-22(24)31-3)16-23-25(30)29(20-12-8-5-9-13-20)26(33-23)28-19-10-6-4-7-11-19/h14-17,19-20H,4-13H2,1-3H3. The molecule has 0 atom stereocenters. The molecule has 4 rings (SSSR count). The predicted molar refractivity (Wildman–Crippen MR) is 145 cm³/mol. The van der Waals surface area contributed by atoms with Gasteiger partial charge < -0.3 is 9.47 Å². The molecule has 1 aromatic rings. The molecule has 1 amide bonds. The van der Waals surface area contributed by atoms with E-state index in [1.165, 1.54) is 38.5 Å². The number of hydrogen-bond donors (Lipinski definition) is 0. The zero-order valence-electron chi connectivity index (χ0n) is 19.9. The summed E-state index contributed by atoms with van der Waals surface area (Å²) in [5, 5.41) is 0.923. The van der Waals surface area contributed by atoms with Gasteiger partial charge in [0.25, 0.3) is 5.91 Å². The van der Waals surface area contributed by atoms with Gasteiger partial charge in [-0.2, -0.15) is 0 Å². The number of carbonyl (C=O) groups excluding carboxylic acids is 1. The van der Waals surface area contributed by atoms with Crippen LogP contribution in [0.5, 0.6) is 11.5 Å². The zero-order valence-corrected chi connectivity index (χ0v) is 22.9. The summed E-state index contributed by atoms with van der Waals surface area (Å²) < 4.78 is 12.5. The van der Waals surface area contributed by atoms with E-state index in [0.717, 1.165) is 50.6 Å². The van der Waals surface area contributed by atoms with E-state index in [9.17, 15) is 4.79 Å². The Balaban J connectivity index is 1.65. The van der Waals surface area contributed by atoms with Crippen LogP contribution in [0.4, 0.5) is 0 Å². The van der Waals surface area contributed by atoms with Crippen LogP contribution in [0.2, 0.25) is 0 Å². The lowest BCUT2D eigenvalue weighted by molar-refractivity contribution is -0.124. The average molecular weight is 583 g/mol. The molecular formula is C26H35IN2O3S. The first-order valence-corrected chi connectivity index (χ1v) is 14.2. The molecule has 1 aliphatic heterocycles. The number of carbonyl (C=O) groups is 1. The van der Waals surface area contributed by atoms with Crippen LogP contribution in [0.3, 0.4) is 0 Å². The van der Waals surface area contributed by atoms with Crippen LogP contribution in [0.25, 0.3) is 6.08 Å². The molecule has 0 bridgehead atoms. The van der Waals surface area contributed by atoms with Crippen molar-refractivity contribution in [3.8, 4) is 11.5 Å². The van der Waals surface area contributed by atoms with Crippen LogP contribution in [0, 0.1) is 3.57 Å². The highest BCUT2D eigenvalue weighted by molar-refractivity contribution is 14.1. The second kappa shape index (κ2) is 11.5. The van der Waals surface area contributed by atoms with Crippen molar-refractivity contribution in [1.29, 1.82) is 0 Å². The summed E-state index contributed by atoms with van der Waals surface area (Å²) >= 11 is 3.84. The molecule has 2 saturated carbocycles. The van der Waals surface area contributed by atoms with Gasteiger partial charge in [0, 0.05) is 6.04 Å². The number of benzene rings is 1. The number of rotatable bonds is 6. The van der Waals surface area contributed by atoms with Gasteiger partial charge in [0.1, 0.15) is 0 Å². The van der Waals surface area contributed by atoms with Gasteiger partial charge in [-0.05, 0) is 97.7 Å². The normalized spacial score (nSPS) is 23.2. The molecule has 0 N–H and O–H groups in total. The number of ether oxygens (including phenoxy) is 2. The Hall–Kier alpha value is -1.22. The van der Waals surface area contributed by atoms with Crippen LogP contribution >= 0.6 is 34.4 Å². The maximum atomic E-state index is 13.6. The van der Waals surface area contributed by atoms with Gasteiger partial charge in [0.05, 0.1) is 27.7 Å². The largest absolute Gasteiger partial charge is 0.493 e. The second-order valence-electron chi connectivity index (χ2n) is 9.48. The average Bonchev–Trinajstić information content (AvgIpc) is 3.10. The lowest BCUT2D eigenvalue weighted by Crippen LogP contribution is -2.41. The number of halogens is 1. The Kier molecular flexibility index (Phi) is 8.65. The van der Waals surface area contributed by atoms with Crippen LogP contribution in [0.15, 0.2) is 22.0 Å². The number of aliphatic imine (C=N–C) groups is 1. The Bertz CT molecular complexity index is 918. The minimum Gasteiger partial charge on any atom is -0.493 e. The predicted octanol–water partition coefficient (Wildman–Crippen LogP) is 7.02. The molecule has 0 radical (unpaired) electrons. The van der Waals surface area contributed by atoms with Gasteiger partial charge in [-0.1, -0.05) is 38.5 Å². The van der Waals surface area contributed by atoms with Gasteiger partial charge in [-0.3, -0.25) is 14.7 Å². The highest BCUT2D eigenvalue weighted by Crippen LogP contribution is 2.40. The van der Waals surface area contributed by atoms with Crippen molar-refractivity contribution in [2.75, 3.05) is 7.11 Å². The molecular weight excluding hydrogens is 547 g/mol. The molecule has 0 aromatic heterocycles. The number of amidine groups is 1. The smallest absolute Gasteiger partial charge is 0.266 e. The van der Waals surface area contributed by atoms with Crippen molar-refractivity contribution in [2.24, 2.45) is 4.99 Å². The fraction of sp³-hybridized carbons (Fsp3) is 0.615. The summed E-state index contributed by atoms with van der Waals surface area (Å²) in [4.78, 5) is 21.5. The van der Waals surface area contributed by atoms with Crippen molar-refractivity contribution >= 4 is 51.5 Å². The van der Waals surface area contributed by atoms with Gasteiger partial charge in [-0.15, -0.1) is 0 Å². The van der Waals surface area contributed by atoms with Gasteiger partial charge in [0.15, 0.2) is 16.7 Å². The number of amides is 1. The Labute approximate surface area is 215 Å². The highest BCUT2D eigenvalue weighted by atomic mass is 127. The lowest BCUT2D eigenvalue weighted by Gasteiger charge is -2.31. The van der Waals surface area contributed by atoms with Crippen molar-refractivity contribution in [3.05, 3.63) is 26.2 Å². The summed E-state index contributed by atoms with van der Waals surface area (Å²) in [7, 11) is 1.66. The van der Waals surface area contributed by atoms with E-state index in [2.05, 4.69) is 28.7 Å². The topological polar surface area (TPSA) is 51.1 Å². The third-order valence-electron chi connectivity index (χ3n) is 6.55. The van der Waals surface area contributed by atoms with Crippen LogP contribution in [0.1, 0.15) is 83.6 Å². The monoisotopic (exact) mass is 582 g/mol. The minimum atomic E-state index is 0.0613. The molecule has 3 aliphatic rings. The Morgan fingerprint density at radius 1 is 1.09 bits per heavy atom. The Morgan fingerprint density at radius 3 is 2.39 bits per heavy atom. The van der Waals surface area contributed by atoms with Crippen molar-refractivity contribution in [3.63, 3.8) is 0 Å². The summed E-state index contributed by atoms with van der Waals surface area (Å²) in [5.74, 6) is 1.56. The van der Waals surface area contributed by atoms with Gasteiger partial charge >= 0.3 is 0 Å². The minimum absolute atomic E-state index is 0.0613. The molecule has 33 heavy (non-hydrogen) atoms. The highest BCUT2D eigenvalue weighted by Gasteiger charge is 2.39. The molecule has 1 aromatic carbocycles. The van der Waals surface area contributed by atoms with E-state index < -0.39 is 0 Å². The van der Waals surface area contributed by atoms with Crippen LogP contribution in [-0.2, 0) is 4.79 Å². The maximum Gasteiger partial charge on any atom is 0.266 e.